The van der Waals surface area contributed by atoms with Crippen LogP contribution in [0.4, 0.5) is 0 Å². The second-order valence-electron chi connectivity index (χ2n) is 6.07. The predicted molar refractivity (Wildman–Crippen MR) is 89.2 cm³/mol. The normalized spacial score (nSPS) is 21.0. The lowest BCUT2D eigenvalue weighted by Crippen LogP contribution is -2.29. The Balaban J connectivity index is 1.45. The molecular weight excluding hydrogens is 312 g/mol. The van der Waals surface area contributed by atoms with Crippen LogP contribution in [0.15, 0.2) is 36.7 Å². The van der Waals surface area contributed by atoms with E-state index in [1.165, 1.54) is 5.56 Å². The molecule has 0 amide bonds. The van der Waals surface area contributed by atoms with Gasteiger partial charge in [0.05, 0.1) is 17.9 Å². The van der Waals surface area contributed by atoms with Crippen molar-refractivity contribution < 1.29 is 4.74 Å². The number of ether oxygens (including phenoxy) is 1. The number of nitrogens with zero attached hydrogens (tertiary/aromatic N) is 4. The summed E-state index contributed by atoms with van der Waals surface area (Å²) in [5, 5.41) is 8.41. The van der Waals surface area contributed by atoms with E-state index in [0.717, 1.165) is 38.0 Å². The molecule has 1 aliphatic heterocycles. The summed E-state index contributed by atoms with van der Waals surface area (Å²) in [7, 11) is 2.12. The minimum atomic E-state index is 0.224. The molecule has 0 N–H and O–H groups in total. The van der Waals surface area contributed by atoms with Crippen LogP contribution in [0.5, 0.6) is 0 Å². The van der Waals surface area contributed by atoms with Crippen LogP contribution in [0.3, 0.4) is 0 Å². The summed E-state index contributed by atoms with van der Waals surface area (Å²) >= 11 is 5.76. The molecule has 1 saturated heterocycles. The van der Waals surface area contributed by atoms with Crippen molar-refractivity contribution in [3.63, 3.8) is 0 Å². The predicted octanol–water partition coefficient (Wildman–Crippen LogP) is 2.75. The van der Waals surface area contributed by atoms with Crippen LogP contribution in [0.2, 0.25) is 5.15 Å². The second-order valence-corrected chi connectivity index (χ2v) is 6.45. The second kappa shape index (κ2) is 7.81. The van der Waals surface area contributed by atoms with Crippen molar-refractivity contribution in [3.8, 4) is 0 Å². The van der Waals surface area contributed by atoms with Gasteiger partial charge in [-0.15, -0.1) is 5.10 Å². The van der Waals surface area contributed by atoms with Crippen LogP contribution in [0.25, 0.3) is 0 Å². The van der Waals surface area contributed by atoms with Crippen molar-refractivity contribution in [1.82, 2.24) is 20.1 Å². The van der Waals surface area contributed by atoms with E-state index in [0.29, 0.717) is 5.15 Å². The molecule has 122 valence electrons. The number of rotatable bonds is 6. The quantitative estimate of drug-likeness (QED) is 0.814. The smallest absolute Gasteiger partial charge is 0.151 e. The zero-order valence-corrected chi connectivity index (χ0v) is 14.0. The fourth-order valence-electron chi connectivity index (χ4n) is 2.97. The van der Waals surface area contributed by atoms with Gasteiger partial charge in [0.2, 0.25) is 0 Å². The zero-order valence-electron chi connectivity index (χ0n) is 13.2. The highest BCUT2D eigenvalue weighted by atomic mass is 35.5. The molecule has 2 aromatic heterocycles. The molecule has 1 fully saturated rings. The molecule has 0 unspecified atom stereocenters. The lowest BCUT2D eigenvalue weighted by molar-refractivity contribution is 0.0262. The van der Waals surface area contributed by atoms with E-state index in [-0.39, 0.29) is 12.2 Å². The lowest BCUT2D eigenvalue weighted by atomic mass is 10.1. The van der Waals surface area contributed by atoms with Gasteiger partial charge in [0.15, 0.2) is 5.15 Å². The van der Waals surface area contributed by atoms with Crippen LogP contribution in [-0.2, 0) is 17.7 Å². The maximum absolute atomic E-state index is 6.15. The molecule has 2 aromatic rings. The summed E-state index contributed by atoms with van der Waals surface area (Å²) in [6, 6.07) is 7.76. The Kier molecular flexibility index (Phi) is 5.54. The highest BCUT2D eigenvalue weighted by molar-refractivity contribution is 6.29. The van der Waals surface area contributed by atoms with Gasteiger partial charge in [0.1, 0.15) is 0 Å². The van der Waals surface area contributed by atoms with Crippen LogP contribution in [0, 0.1) is 0 Å². The van der Waals surface area contributed by atoms with Crippen molar-refractivity contribution in [2.24, 2.45) is 0 Å². The third kappa shape index (κ3) is 4.96. The number of pyridine rings is 1. The zero-order chi connectivity index (χ0) is 16.1. The number of aromatic nitrogens is 3. The first kappa shape index (κ1) is 16.3. The topological polar surface area (TPSA) is 51.1 Å². The summed E-state index contributed by atoms with van der Waals surface area (Å²) in [5.74, 6) is 0. The molecule has 1 aliphatic rings. The van der Waals surface area contributed by atoms with E-state index >= 15 is 0 Å². The van der Waals surface area contributed by atoms with Crippen molar-refractivity contribution in [2.45, 2.75) is 38.0 Å². The van der Waals surface area contributed by atoms with Gasteiger partial charge in [-0.3, -0.25) is 9.88 Å². The molecule has 2 atom stereocenters. The van der Waals surface area contributed by atoms with Crippen molar-refractivity contribution in [3.05, 3.63) is 53.1 Å². The monoisotopic (exact) mass is 332 g/mol. The van der Waals surface area contributed by atoms with Crippen LogP contribution >= 0.6 is 11.6 Å². The average molecular weight is 333 g/mol. The van der Waals surface area contributed by atoms with Gasteiger partial charge in [-0.25, -0.2) is 0 Å². The molecular formula is C17H21ClN4O. The lowest BCUT2D eigenvalue weighted by Gasteiger charge is -2.21. The molecule has 6 heteroatoms. The molecule has 0 spiro atoms. The number of likely N-dealkylation sites (N-methyl/N-ethyl adjacent to an activating group) is 1. The molecule has 3 rings (SSSR count). The molecule has 0 saturated carbocycles. The molecule has 0 radical (unpaired) electrons. The van der Waals surface area contributed by atoms with Gasteiger partial charge in [0.25, 0.3) is 0 Å². The summed E-state index contributed by atoms with van der Waals surface area (Å²) in [6.07, 6.45) is 7.16. The van der Waals surface area contributed by atoms with Crippen molar-refractivity contribution in [1.29, 1.82) is 0 Å². The molecule has 5 nitrogen and oxygen atoms in total. The summed E-state index contributed by atoms with van der Waals surface area (Å²) in [6.45, 7) is 1.82. The summed E-state index contributed by atoms with van der Waals surface area (Å²) in [4.78, 5) is 6.44. The molecule has 23 heavy (non-hydrogen) atoms. The fraction of sp³-hybridized carbons (Fsp3) is 0.471. The standard InChI is InChI=1S/C17H21ClN4O/c1-22(11-13-3-2-8-19-10-13)12-16-6-5-15(23-16)9-14-4-7-17(18)21-20-14/h2-4,7-8,10,15-16H,5-6,9,11-12H2,1H3/t15-,16+/m0/s1. The van der Waals surface area contributed by atoms with Gasteiger partial charge in [-0.1, -0.05) is 17.7 Å². The highest BCUT2D eigenvalue weighted by Crippen LogP contribution is 2.23. The van der Waals surface area contributed by atoms with Gasteiger partial charge >= 0.3 is 0 Å². The third-order valence-electron chi connectivity index (χ3n) is 4.01. The van der Waals surface area contributed by atoms with E-state index in [2.05, 4.69) is 33.2 Å². The Morgan fingerprint density at radius 2 is 2.09 bits per heavy atom. The molecule has 0 aromatic carbocycles. The van der Waals surface area contributed by atoms with Crippen molar-refractivity contribution >= 4 is 11.6 Å². The van der Waals surface area contributed by atoms with Gasteiger partial charge < -0.3 is 4.74 Å². The van der Waals surface area contributed by atoms with E-state index in [1.807, 2.05) is 18.3 Å². The largest absolute Gasteiger partial charge is 0.373 e. The first-order chi connectivity index (χ1) is 11.2. The molecule has 3 heterocycles. The Morgan fingerprint density at radius 3 is 2.83 bits per heavy atom. The minimum absolute atomic E-state index is 0.224. The van der Waals surface area contributed by atoms with E-state index in [4.69, 9.17) is 16.3 Å². The Morgan fingerprint density at radius 1 is 1.22 bits per heavy atom. The summed E-state index contributed by atoms with van der Waals surface area (Å²) in [5.41, 5.74) is 2.16. The van der Waals surface area contributed by atoms with E-state index in [1.54, 1.807) is 12.3 Å². The van der Waals surface area contributed by atoms with Gasteiger partial charge in [-0.2, -0.15) is 5.10 Å². The van der Waals surface area contributed by atoms with Crippen LogP contribution < -0.4 is 0 Å². The molecule has 0 aliphatic carbocycles. The number of hydrogen-bond acceptors (Lipinski definition) is 5. The fourth-order valence-corrected chi connectivity index (χ4v) is 3.07. The Bertz CT molecular complexity index is 608. The third-order valence-corrected chi connectivity index (χ3v) is 4.21. The van der Waals surface area contributed by atoms with Crippen molar-refractivity contribution in [2.75, 3.05) is 13.6 Å². The number of hydrogen-bond donors (Lipinski definition) is 0. The Labute approximate surface area is 141 Å². The minimum Gasteiger partial charge on any atom is -0.373 e. The first-order valence-electron chi connectivity index (χ1n) is 7.90. The average Bonchev–Trinajstić information content (AvgIpc) is 2.97. The Hall–Kier alpha value is -1.56. The first-order valence-corrected chi connectivity index (χ1v) is 8.28. The van der Waals surface area contributed by atoms with Gasteiger partial charge in [-0.05, 0) is 43.7 Å². The van der Waals surface area contributed by atoms with Crippen LogP contribution in [-0.4, -0.2) is 45.9 Å². The maximum atomic E-state index is 6.15. The van der Waals surface area contributed by atoms with E-state index in [9.17, 15) is 0 Å². The number of halogens is 1. The van der Waals surface area contributed by atoms with Crippen LogP contribution in [0.1, 0.15) is 24.1 Å². The van der Waals surface area contributed by atoms with Gasteiger partial charge in [0, 0.05) is 31.9 Å². The highest BCUT2D eigenvalue weighted by Gasteiger charge is 2.26. The maximum Gasteiger partial charge on any atom is 0.151 e. The summed E-state index contributed by atoms with van der Waals surface area (Å²) < 4.78 is 6.15. The SMILES string of the molecule is CN(Cc1cccnc1)C[C@H]1CC[C@@H](Cc2ccc(Cl)nn2)O1. The van der Waals surface area contributed by atoms with E-state index < -0.39 is 0 Å². The molecule has 0 bridgehead atoms.